The minimum Gasteiger partial charge on any atom is -0.368 e. The first kappa shape index (κ1) is 16.3. The third-order valence-corrected chi connectivity index (χ3v) is 3.62. The SMILES string of the molecule is CC(C)(C)NC(=O)CN1CCN(c2ccccc2C#N)CC1. The minimum absolute atomic E-state index is 0.0679. The summed E-state index contributed by atoms with van der Waals surface area (Å²) in [6.45, 7) is 9.73. The number of carbonyl (C=O) groups excluding carboxylic acids is 1. The molecule has 22 heavy (non-hydrogen) atoms. The van der Waals surface area contributed by atoms with Crippen LogP contribution in [0.1, 0.15) is 26.3 Å². The summed E-state index contributed by atoms with van der Waals surface area (Å²) in [6, 6.07) is 9.92. The second-order valence-corrected chi connectivity index (χ2v) is 6.69. The van der Waals surface area contributed by atoms with Crippen molar-refractivity contribution in [2.75, 3.05) is 37.6 Å². The maximum atomic E-state index is 12.0. The molecule has 1 N–H and O–H groups in total. The van der Waals surface area contributed by atoms with Crippen molar-refractivity contribution in [3.8, 4) is 6.07 Å². The van der Waals surface area contributed by atoms with Crippen molar-refractivity contribution in [3.05, 3.63) is 29.8 Å². The summed E-state index contributed by atoms with van der Waals surface area (Å²) in [4.78, 5) is 16.3. The largest absolute Gasteiger partial charge is 0.368 e. The molecule has 0 radical (unpaired) electrons. The van der Waals surface area contributed by atoms with Crippen LogP contribution >= 0.6 is 0 Å². The lowest BCUT2D eigenvalue weighted by Crippen LogP contribution is -2.51. The van der Waals surface area contributed by atoms with E-state index in [0.717, 1.165) is 31.9 Å². The number of hydrogen-bond acceptors (Lipinski definition) is 4. The van der Waals surface area contributed by atoms with E-state index in [1.165, 1.54) is 0 Å². The van der Waals surface area contributed by atoms with Gasteiger partial charge in [0.1, 0.15) is 6.07 Å². The van der Waals surface area contributed by atoms with Crippen LogP contribution in [-0.4, -0.2) is 49.1 Å². The van der Waals surface area contributed by atoms with Gasteiger partial charge in [0.05, 0.1) is 17.8 Å². The van der Waals surface area contributed by atoms with Gasteiger partial charge in [0, 0.05) is 31.7 Å². The van der Waals surface area contributed by atoms with E-state index in [0.29, 0.717) is 12.1 Å². The van der Waals surface area contributed by atoms with Gasteiger partial charge in [-0.2, -0.15) is 5.26 Å². The predicted molar refractivity (Wildman–Crippen MR) is 87.7 cm³/mol. The van der Waals surface area contributed by atoms with Crippen LogP contribution in [0.3, 0.4) is 0 Å². The number of piperazine rings is 1. The van der Waals surface area contributed by atoms with Gasteiger partial charge in [-0.1, -0.05) is 12.1 Å². The highest BCUT2D eigenvalue weighted by atomic mass is 16.2. The van der Waals surface area contributed by atoms with E-state index in [4.69, 9.17) is 0 Å². The number of hydrogen-bond donors (Lipinski definition) is 1. The molecule has 0 unspecified atom stereocenters. The van der Waals surface area contributed by atoms with Gasteiger partial charge in [-0.25, -0.2) is 0 Å². The van der Waals surface area contributed by atoms with Crippen molar-refractivity contribution in [2.45, 2.75) is 26.3 Å². The van der Waals surface area contributed by atoms with E-state index < -0.39 is 0 Å². The molecule has 1 amide bonds. The third-order valence-electron chi connectivity index (χ3n) is 3.62. The highest BCUT2D eigenvalue weighted by Gasteiger charge is 2.22. The smallest absolute Gasteiger partial charge is 0.234 e. The summed E-state index contributed by atoms with van der Waals surface area (Å²) in [6.07, 6.45) is 0. The predicted octanol–water partition coefficient (Wildman–Crippen LogP) is 1.59. The molecule has 118 valence electrons. The van der Waals surface area contributed by atoms with Crippen LogP contribution in [0.5, 0.6) is 0 Å². The van der Waals surface area contributed by atoms with E-state index in [1.807, 2.05) is 45.0 Å². The van der Waals surface area contributed by atoms with Crippen molar-refractivity contribution in [1.29, 1.82) is 5.26 Å². The Kier molecular flexibility index (Phi) is 5.04. The molecule has 1 aromatic rings. The molecule has 1 aliphatic heterocycles. The Bertz CT molecular complexity index is 563. The number of amides is 1. The number of benzene rings is 1. The Morgan fingerprint density at radius 3 is 2.45 bits per heavy atom. The first-order chi connectivity index (χ1) is 10.4. The van der Waals surface area contributed by atoms with Crippen molar-refractivity contribution >= 4 is 11.6 Å². The zero-order valence-electron chi connectivity index (χ0n) is 13.6. The van der Waals surface area contributed by atoms with Crippen molar-refractivity contribution in [2.24, 2.45) is 0 Å². The average molecular weight is 300 g/mol. The third kappa shape index (κ3) is 4.47. The Morgan fingerprint density at radius 2 is 1.86 bits per heavy atom. The molecule has 0 aromatic heterocycles. The zero-order valence-corrected chi connectivity index (χ0v) is 13.6. The highest BCUT2D eigenvalue weighted by Crippen LogP contribution is 2.20. The summed E-state index contributed by atoms with van der Waals surface area (Å²) < 4.78 is 0. The zero-order chi connectivity index (χ0) is 16.2. The van der Waals surface area contributed by atoms with E-state index in [9.17, 15) is 10.1 Å². The first-order valence-electron chi connectivity index (χ1n) is 7.66. The summed E-state index contributed by atoms with van der Waals surface area (Å²) in [5.74, 6) is 0.0679. The Balaban J connectivity index is 1.88. The van der Waals surface area contributed by atoms with Crippen LogP contribution in [0.25, 0.3) is 0 Å². The Hall–Kier alpha value is -2.06. The first-order valence-corrected chi connectivity index (χ1v) is 7.66. The van der Waals surface area contributed by atoms with Gasteiger partial charge in [-0.05, 0) is 32.9 Å². The molecule has 1 saturated heterocycles. The molecule has 0 bridgehead atoms. The van der Waals surface area contributed by atoms with Gasteiger partial charge in [0.2, 0.25) is 5.91 Å². The second kappa shape index (κ2) is 6.80. The van der Waals surface area contributed by atoms with Crippen LogP contribution in [0, 0.1) is 11.3 Å². The van der Waals surface area contributed by atoms with Gasteiger partial charge in [0.25, 0.3) is 0 Å². The molecular weight excluding hydrogens is 276 g/mol. The highest BCUT2D eigenvalue weighted by molar-refractivity contribution is 5.78. The van der Waals surface area contributed by atoms with Crippen LogP contribution < -0.4 is 10.2 Å². The standard InChI is InChI=1S/C17H24N4O/c1-17(2,3)19-16(22)13-20-8-10-21(11-9-20)15-7-5-4-6-14(15)12-18/h4-7H,8-11,13H2,1-3H3,(H,19,22). The molecule has 0 spiro atoms. The number of nitrogens with zero attached hydrogens (tertiary/aromatic N) is 3. The van der Waals surface area contributed by atoms with Gasteiger partial charge in [-0.15, -0.1) is 0 Å². The maximum absolute atomic E-state index is 12.0. The summed E-state index contributed by atoms with van der Waals surface area (Å²) >= 11 is 0. The van der Waals surface area contributed by atoms with Gasteiger partial charge < -0.3 is 10.2 Å². The average Bonchev–Trinajstić information content (AvgIpc) is 2.46. The molecule has 1 aliphatic rings. The molecule has 1 heterocycles. The van der Waals surface area contributed by atoms with Gasteiger partial charge in [0.15, 0.2) is 0 Å². The van der Waals surface area contributed by atoms with Crippen molar-refractivity contribution < 1.29 is 4.79 Å². The molecule has 5 nitrogen and oxygen atoms in total. The van der Waals surface area contributed by atoms with Gasteiger partial charge >= 0.3 is 0 Å². The van der Waals surface area contributed by atoms with E-state index >= 15 is 0 Å². The Labute approximate surface area is 132 Å². The van der Waals surface area contributed by atoms with Crippen molar-refractivity contribution in [1.82, 2.24) is 10.2 Å². The number of para-hydroxylation sites is 1. The Morgan fingerprint density at radius 1 is 1.23 bits per heavy atom. The fraction of sp³-hybridized carbons (Fsp3) is 0.529. The minimum atomic E-state index is -0.190. The maximum Gasteiger partial charge on any atom is 0.234 e. The number of nitrogens with one attached hydrogen (secondary N) is 1. The lowest BCUT2D eigenvalue weighted by Gasteiger charge is -2.36. The fourth-order valence-corrected chi connectivity index (χ4v) is 2.65. The molecule has 0 atom stereocenters. The number of rotatable bonds is 3. The van der Waals surface area contributed by atoms with Gasteiger partial charge in [-0.3, -0.25) is 9.69 Å². The van der Waals surface area contributed by atoms with Crippen LogP contribution in [0.2, 0.25) is 0 Å². The molecule has 1 fully saturated rings. The second-order valence-electron chi connectivity index (χ2n) is 6.69. The quantitative estimate of drug-likeness (QED) is 0.921. The van der Waals surface area contributed by atoms with Crippen LogP contribution in [-0.2, 0) is 4.79 Å². The normalized spacial score (nSPS) is 16.2. The monoisotopic (exact) mass is 300 g/mol. The molecular formula is C17H24N4O. The molecule has 2 rings (SSSR count). The molecule has 1 aromatic carbocycles. The topological polar surface area (TPSA) is 59.4 Å². The molecule has 0 saturated carbocycles. The summed E-state index contributed by atoms with van der Waals surface area (Å²) in [5.41, 5.74) is 1.51. The summed E-state index contributed by atoms with van der Waals surface area (Å²) in [7, 11) is 0. The van der Waals surface area contributed by atoms with Crippen LogP contribution in [0.4, 0.5) is 5.69 Å². The molecule has 5 heteroatoms. The number of nitriles is 1. The fourth-order valence-electron chi connectivity index (χ4n) is 2.65. The molecule has 0 aliphatic carbocycles. The number of carbonyl (C=O) groups is 1. The van der Waals surface area contributed by atoms with E-state index in [2.05, 4.69) is 21.2 Å². The summed E-state index contributed by atoms with van der Waals surface area (Å²) in [5, 5.41) is 12.2. The van der Waals surface area contributed by atoms with Crippen molar-refractivity contribution in [3.63, 3.8) is 0 Å². The lowest BCUT2D eigenvalue weighted by molar-refractivity contribution is -0.123. The number of anilines is 1. The lowest BCUT2D eigenvalue weighted by atomic mass is 10.1. The van der Waals surface area contributed by atoms with E-state index in [-0.39, 0.29) is 11.4 Å². The van der Waals surface area contributed by atoms with Crippen LogP contribution in [0.15, 0.2) is 24.3 Å². The van der Waals surface area contributed by atoms with E-state index in [1.54, 1.807) is 0 Å².